The van der Waals surface area contributed by atoms with Gasteiger partial charge in [-0.3, -0.25) is 0 Å². The fourth-order valence-corrected chi connectivity index (χ4v) is 2.72. The van der Waals surface area contributed by atoms with Crippen molar-refractivity contribution in [3.63, 3.8) is 0 Å². The zero-order chi connectivity index (χ0) is 14.5. The fraction of sp³-hybridized carbons (Fsp3) is 0.500. The van der Waals surface area contributed by atoms with Gasteiger partial charge in [0.15, 0.2) is 0 Å². The monoisotopic (exact) mass is 285 g/mol. The van der Waals surface area contributed by atoms with Gasteiger partial charge >= 0.3 is 5.97 Å². The SMILES string of the molecule is CCC(CC)(CNc1ccc(C(=O)O)c(F)c1)SC. The molecule has 5 heteroatoms. The Morgan fingerprint density at radius 3 is 2.47 bits per heavy atom. The van der Waals surface area contributed by atoms with Crippen LogP contribution in [0, 0.1) is 5.82 Å². The highest BCUT2D eigenvalue weighted by Crippen LogP contribution is 2.30. The molecule has 0 aromatic heterocycles. The van der Waals surface area contributed by atoms with Gasteiger partial charge < -0.3 is 10.4 Å². The molecule has 0 fully saturated rings. The molecule has 0 heterocycles. The molecule has 0 spiro atoms. The molecule has 19 heavy (non-hydrogen) atoms. The van der Waals surface area contributed by atoms with Gasteiger partial charge in [0.25, 0.3) is 0 Å². The lowest BCUT2D eigenvalue weighted by atomic mass is 10.0. The van der Waals surface area contributed by atoms with E-state index >= 15 is 0 Å². The van der Waals surface area contributed by atoms with Crippen molar-refractivity contribution in [3.8, 4) is 0 Å². The minimum atomic E-state index is -1.25. The van der Waals surface area contributed by atoms with E-state index in [1.807, 2.05) is 0 Å². The maximum Gasteiger partial charge on any atom is 0.338 e. The van der Waals surface area contributed by atoms with Crippen LogP contribution in [0.1, 0.15) is 37.0 Å². The van der Waals surface area contributed by atoms with Gasteiger partial charge in [-0.1, -0.05) is 13.8 Å². The third-order valence-corrected chi connectivity index (χ3v) is 5.12. The lowest BCUT2D eigenvalue weighted by Crippen LogP contribution is -2.32. The molecule has 0 saturated carbocycles. The predicted octanol–water partition coefficient (Wildman–Crippen LogP) is 3.86. The summed E-state index contributed by atoms with van der Waals surface area (Å²) >= 11 is 1.80. The quantitative estimate of drug-likeness (QED) is 0.798. The van der Waals surface area contributed by atoms with Gasteiger partial charge in [0.1, 0.15) is 5.82 Å². The largest absolute Gasteiger partial charge is 0.478 e. The van der Waals surface area contributed by atoms with Crippen molar-refractivity contribution in [2.45, 2.75) is 31.4 Å². The van der Waals surface area contributed by atoms with Gasteiger partial charge in [0.05, 0.1) is 5.56 Å². The first-order valence-corrected chi connectivity index (χ1v) is 7.52. The summed E-state index contributed by atoms with van der Waals surface area (Å²) in [4.78, 5) is 10.7. The Hall–Kier alpha value is -1.23. The molecule has 0 aliphatic heterocycles. The summed E-state index contributed by atoms with van der Waals surface area (Å²) in [7, 11) is 0. The fourth-order valence-electron chi connectivity index (χ4n) is 1.92. The van der Waals surface area contributed by atoms with Crippen LogP contribution in [0.2, 0.25) is 0 Å². The molecule has 1 aromatic rings. The van der Waals surface area contributed by atoms with Gasteiger partial charge in [0, 0.05) is 17.0 Å². The zero-order valence-electron chi connectivity index (χ0n) is 11.5. The molecule has 0 amide bonds. The minimum Gasteiger partial charge on any atom is -0.478 e. The molecule has 0 aliphatic rings. The zero-order valence-corrected chi connectivity index (χ0v) is 12.3. The first-order valence-electron chi connectivity index (χ1n) is 6.30. The number of thioether (sulfide) groups is 1. The van der Waals surface area contributed by atoms with Crippen LogP contribution in [0.25, 0.3) is 0 Å². The van der Waals surface area contributed by atoms with Gasteiger partial charge in [-0.15, -0.1) is 0 Å². The molecule has 0 radical (unpaired) electrons. The number of aromatic carboxylic acids is 1. The van der Waals surface area contributed by atoms with Crippen LogP contribution in [0.15, 0.2) is 18.2 Å². The highest BCUT2D eigenvalue weighted by Gasteiger charge is 2.24. The number of benzene rings is 1. The highest BCUT2D eigenvalue weighted by atomic mass is 32.2. The first kappa shape index (κ1) is 15.8. The Bertz CT molecular complexity index is 439. The van der Waals surface area contributed by atoms with Crippen molar-refractivity contribution >= 4 is 23.4 Å². The van der Waals surface area contributed by atoms with Crippen LogP contribution >= 0.6 is 11.8 Å². The number of halogens is 1. The van der Waals surface area contributed by atoms with Crippen molar-refractivity contribution in [3.05, 3.63) is 29.6 Å². The maximum absolute atomic E-state index is 13.5. The summed E-state index contributed by atoms with van der Waals surface area (Å²) in [6, 6.07) is 4.13. The molecule has 106 valence electrons. The van der Waals surface area contributed by atoms with E-state index in [1.54, 1.807) is 17.8 Å². The Labute approximate surface area is 117 Å². The molecule has 1 aromatic carbocycles. The number of carbonyl (C=O) groups is 1. The second-order valence-electron chi connectivity index (χ2n) is 4.45. The summed E-state index contributed by atoms with van der Waals surface area (Å²) in [5.74, 6) is -1.95. The van der Waals surface area contributed by atoms with E-state index < -0.39 is 11.8 Å². The number of carboxylic acid groups (broad SMARTS) is 1. The van der Waals surface area contributed by atoms with E-state index in [2.05, 4.69) is 25.4 Å². The predicted molar refractivity (Wildman–Crippen MR) is 78.7 cm³/mol. The second kappa shape index (κ2) is 6.80. The Morgan fingerprint density at radius 2 is 2.05 bits per heavy atom. The average molecular weight is 285 g/mol. The van der Waals surface area contributed by atoms with Gasteiger partial charge in [-0.2, -0.15) is 11.8 Å². The van der Waals surface area contributed by atoms with Crippen molar-refractivity contribution in [1.82, 2.24) is 0 Å². The summed E-state index contributed by atoms with van der Waals surface area (Å²) in [6.07, 6.45) is 4.11. The molecule has 0 aliphatic carbocycles. The number of anilines is 1. The van der Waals surface area contributed by atoms with E-state index in [4.69, 9.17) is 5.11 Å². The number of carboxylic acids is 1. The lowest BCUT2D eigenvalue weighted by Gasteiger charge is -2.30. The normalized spacial score (nSPS) is 11.4. The summed E-state index contributed by atoms with van der Waals surface area (Å²) in [5.41, 5.74) is 0.315. The van der Waals surface area contributed by atoms with E-state index in [9.17, 15) is 9.18 Å². The first-order chi connectivity index (χ1) is 8.98. The molecular weight excluding hydrogens is 265 g/mol. The van der Waals surface area contributed by atoms with E-state index in [-0.39, 0.29) is 10.3 Å². The summed E-state index contributed by atoms with van der Waals surface area (Å²) in [6.45, 7) is 5.00. The molecule has 0 atom stereocenters. The summed E-state index contributed by atoms with van der Waals surface area (Å²) in [5, 5.41) is 12.0. The van der Waals surface area contributed by atoms with Gasteiger partial charge in [-0.05, 0) is 37.3 Å². The molecule has 1 rings (SSSR count). The minimum absolute atomic E-state index is 0.127. The molecule has 3 nitrogen and oxygen atoms in total. The van der Waals surface area contributed by atoms with Crippen molar-refractivity contribution in [2.24, 2.45) is 0 Å². The number of hydrogen-bond donors (Lipinski definition) is 2. The van der Waals surface area contributed by atoms with Crippen LogP contribution < -0.4 is 5.32 Å². The third-order valence-electron chi connectivity index (χ3n) is 3.54. The van der Waals surface area contributed by atoms with Gasteiger partial charge in [-0.25, -0.2) is 9.18 Å². The maximum atomic E-state index is 13.5. The third kappa shape index (κ3) is 3.86. The second-order valence-corrected chi connectivity index (χ2v) is 5.72. The van der Waals surface area contributed by atoms with Crippen molar-refractivity contribution in [1.29, 1.82) is 0 Å². The smallest absolute Gasteiger partial charge is 0.338 e. The molecule has 0 saturated heterocycles. The van der Waals surface area contributed by atoms with Crippen LogP contribution in [0.3, 0.4) is 0 Å². The topological polar surface area (TPSA) is 49.3 Å². The molecule has 2 N–H and O–H groups in total. The van der Waals surface area contributed by atoms with Crippen LogP contribution in [-0.4, -0.2) is 28.6 Å². The lowest BCUT2D eigenvalue weighted by molar-refractivity contribution is 0.0692. The van der Waals surface area contributed by atoms with Crippen LogP contribution in [-0.2, 0) is 0 Å². The van der Waals surface area contributed by atoms with Crippen LogP contribution in [0.4, 0.5) is 10.1 Å². The van der Waals surface area contributed by atoms with E-state index in [0.29, 0.717) is 5.69 Å². The van der Waals surface area contributed by atoms with E-state index in [0.717, 1.165) is 19.4 Å². The Balaban J connectivity index is 2.78. The van der Waals surface area contributed by atoms with E-state index in [1.165, 1.54) is 12.1 Å². The molecular formula is C14H20FNO2S. The average Bonchev–Trinajstić information content (AvgIpc) is 2.40. The number of hydrogen-bond acceptors (Lipinski definition) is 3. The molecule has 0 bridgehead atoms. The Kier molecular flexibility index (Phi) is 5.66. The van der Waals surface area contributed by atoms with Crippen molar-refractivity contribution in [2.75, 3.05) is 18.1 Å². The van der Waals surface area contributed by atoms with Gasteiger partial charge in [0.2, 0.25) is 0 Å². The molecule has 0 unspecified atom stereocenters. The Morgan fingerprint density at radius 1 is 1.42 bits per heavy atom. The summed E-state index contributed by atoms with van der Waals surface area (Å²) < 4.78 is 13.7. The van der Waals surface area contributed by atoms with Crippen molar-refractivity contribution < 1.29 is 14.3 Å². The van der Waals surface area contributed by atoms with Crippen LogP contribution in [0.5, 0.6) is 0 Å². The highest BCUT2D eigenvalue weighted by molar-refractivity contribution is 8.00. The number of nitrogens with one attached hydrogen (secondary N) is 1. The number of rotatable bonds is 7. The standard InChI is InChI=1S/C14H20FNO2S/c1-4-14(5-2,19-3)9-16-10-6-7-11(13(17)18)12(15)8-10/h6-8,16H,4-5,9H2,1-3H3,(H,17,18).